The fraction of sp³-hybridized carbons (Fsp3) is 0.143. The second kappa shape index (κ2) is 3.02. The summed E-state index contributed by atoms with van der Waals surface area (Å²) in [4.78, 5) is 0.263. The van der Waals surface area contributed by atoms with E-state index in [0.717, 1.165) is 0 Å². The van der Waals surface area contributed by atoms with Gasteiger partial charge in [0, 0.05) is 0 Å². The molecule has 0 aliphatic rings. The molecular formula is C7H8NO2S. The summed E-state index contributed by atoms with van der Waals surface area (Å²) in [6, 6.07) is 8.84. The van der Waals surface area contributed by atoms with E-state index in [1.165, 1.54) is 19.2 Å². The average Bonchev–Trinajstić information content (AvgIpc) is 2.06. The minimum absolute atomic E-state index is 0.263. The van der Waals surface area contributed by atoms with Crippen LogP contribution in [0.2, 0.25) is 0 Å². The molecule has 1 rings (SSSR count). The van der Waals surface area contributed by atoms with Gasteiger partial charge in [-0.05, 0) is 25.2 Å². The third kappa shape index (κ3) is 1.78. The van der Waals surface area contributed by atoms with Crippen molar-refractivity contribution in [3.05, 3.63) is 30.3 Å². The monoisotopic (exact) mass is 170 g/mol. The highest BCUT2D eigenvalue weighted by molar-refractivity contribution is 7.89. The van der Waals surface area contributed by atoms with Crippen LogP contribution in [0.3, 0.4) is 0 Å². The minimum atomic E-state index is -3.27. The molecule has 0 aliphatic carbocycles. The number of sulfonamides is 1. The maximum atomic E-state index is 11.1. The molecule has 1 radical (unpaired) electrons. The molecule has 3 nitrogen and oxygen atoms in total. The molecule has 0 saturated heterocycles. The first-order chi connectivity index (χ1) is 5.17. The Morgan fingerprint density at radius 1 is 1.36 bits per heavy atom. The molecule has 0 fully saturated rings. The summed E-state index contributed by atoms with van der Waals surface area (Å²) in [6.07, 6.45) is 0. The molecule has 0 heterocycles. The molecule has 0 unspecified atom stereocenters. The van der Waals surface area contributed by atoms with Crippen molar-refractivity contribution in [3.63, 3.8) is 0 Å². The Morgan fingerprint density at radius 3 is 2.36 bits per heavy atom. The summed E-state index contributed by atoms with van der Waals surface area (Å²) in [5.74, 6) is 0. The van der Waals surface area contributed by atoms with E-state index in [4.69, 9.17) is 0 Å². The molecule has 0 bridgehead atoms. The summed E-state index contributed by atoms with van der Waals surface area (Å²) >= 11 is 0. The van der Waals surface area contributed by atoms with Crippen LogP contribution in [0.15, 0.2) is 29.2 Å². The van der Waals surface area contributed by atoms with E-state index < -0.39 is 10.0 Å². The van der Waals surface area contributed by atoms with Crippen LogP contribution in [0.1, 0.15) is 0 Å². The maximum Gasteiger partial charge on any atom is 0.240 e. The Labute approximate surface area is 66.1 Å². The van der Waals surface area contributed by atoms with E-state index in [0.29, 0.717) is 0 Å². The predicted octanol–water partition coefficient (Wildman–Crippen LogP) is 0.395. The Morgan fingerprint density at radius 2 is 1.91 bits per heavy atom. The molecule has 0 amide bonds. The summed E-state index contributed by atoms with van der Waals surface area (Å²) < 4.78 is 24.4. The molecular weight excluding hydrogens is 162 g/mol. The number of nitrogens with one attached hydrogen (secondary N) is 1. The Balaban J connectivity index is 3.14. The first-order valence-electron chi connectivity index (χ1n) is 3.06. The second-order valence-electron chi connectivity index (χ2n) is 1.94. The predicted molar refractivity (Wildman–Crippen MR) is 41.5 cm³/mol. The van der Waals surface area contributed by atoms with Crippen molar-refractivity contribution in [3.8, 4) is 0 Å². The van der Waals surface area contributed by atoms with E-state index in [2.05, 4.69) is 10.8 Å². The molecule has 0 spiro atoms. The van der Waals surface area contributed by atoms with Crippen LogP contribution in [-0.4, -0.2) is 15.5 Å². The third-order valence-electron chi connectivity index (χ3n) is 1.27. The van der Waals surface area contributed by atoms with Crippen LogP contribution in [-0.2, 0) is 10.0 Å². The van der Waals surface area contributed by atoms with E-state index in [1.54, 1.807) is 12.1 Å². The van der Waals surface area contributed by atoms with Gasteiger partial charge in [-0.25, -0.2) is 13.1 Å². The number of hydrogen-bond acceptors (Lipinski definition) is 2. The quantitative estimate of drug-likeness (QED) is 0.698. The second-order valence-corrected chi connectivity index (χ2v) is 3.83. The van der Waals surface area contributed by atoms with Crippen molar-refractivity contribution in [1.29, 1.82) is 0 Å². The molecule has 1 N–H and O–H groups in total. The highest BCUT2D eigenvalue weighted by Gasteiger charge is 2.08. The van der Waals surface area contributed by atoms with Gasteiger partial charge >= 0.3 is 0 Å². The normalized spacial score (nSPS) is 11.4. The van der Waals surface area contributed by atoms with Gasteiger partial charge in [-0.3, -0.25) is 0 Å². The zero-order chi connectivity index (χ0) is 8.32. The van der Waals surface area contributed by atoms with Gasteiger partial charge < -0.3 is 0 Å². The van der Waals surface area contributed by atoms with Crippen LogP contribution in [0, 0.1) is 6.07 Å². The minimum Gasteiger partial charge on any atom is -0.214 e. The lowest BCUT2D eigenvalue weighted by molar-refractivity contribution is 0.588. The molecule has 0 aliphatic heterocycles. The van der Waals surface area contributed by atoms with E-state index in [1.807, 2.05) is 0 Å². The number of benzene rings is 1. The van der Waals surface area contributed by atoms with Gasteiger partial charge in [-0.1, -0.05) is 12.1 Å². The van der Waals surface area contributed by atoms with Crippen molar-refractivity contribution in [2.24, 2.45) is 0 Å². The first-order valence-corrected chi connectivity index (χ1v) is 4.55. The van der Waals surface area contributed by atoms with Gasteiger partial charge in [0.15, 0.2) is 0 Å². The van der Waals surface area contributed by atoms with Crippen molar-refractivity contribution in [2.45, 2.75) is 4.90 Å². The standard InChI is InChI=1S/C7H8NO2S/c1-8-11(9,10)7-5-3-2-4-6-7/h3-6,8H,1H3. The summed E-state index contributed by atoms with van der Waals surface area (Å²) in [7, 11) is -1.89. The van der Waals surface area contributed by atoms with Gasteiger partial charge in [0.05, 0.1) is 4.90 Å². The number of rotatable bonds is 2. The summed E-state index contributed by atoms with van der Waals surface area (Å²) in [5, 5.41) is 0. The summed E-state index contributed by atoms with van der Waals surface area (Å²) in [5.41, 5.74) is 0. The van der Waals surface area contributed by atoms with Crippen molar-refractivity contribution in [1.82, 2.24) is 4.72 Å². The Hall–Kier alpha value is -0.870. The fourth-order valence-electron chi connectivity index (χ4n) is 0.669. The first kappa shape index (κ1) is 8.23. The zero-order valence-electron chi connectivity index (χ0n) is 6.03. The van der Waals surface area contributed by atoms with Crippen LogP contribution in [0.4, 0.5) is 0 Å². The molecule has 0 atom stereocenters. The molecule has 59 valence electrons. The molecule has 1 aromatic carbocycles. The van der Waals surface area contributed by atoms with Crippen LogP contribution >= 0.6 is 0 Å². The molecule has 1 aromatic rings. The highest BCUT2D eigenvalue weighted by atomic mass is 32.2. The zero-order valence-corrected chi connectivity index (χ0v) is 6.85. The lowest BCUT2D eigenvalue weighted by atomic mass is 10.4. The summed E-state index contributed by atoms with van der Waals surface area (Å²) in [6.45, 7) is 0. The molecule has 0 saturated carbocycles. The fourth-order valence-corrected chi connectivity index (χ4v) is 1.40. The lowest BCUT2D eigenvalue weighted by Crippen LogP contribution is -2.18. The third-order valence-corrected chi connectivity index (χ3v) is 2.70. The van der Waals surface area contributed by atoms with E-state index in [9.17, 15) is 8.42 Å². The Bertz CT molecular complexity index is 318. The van der Waals surface area contributed by atoms with Crippen LogP contribution in [0.5, 0.6) is 0 Å². The molecule has 4 heteroatoms. The van der Waals surface area contributed by atoms with Crippen molar-refractivity contribution < 1.29 is 8.42 Å². The maximum absolute atomic E-state index is 11.1. The van der Waals surface area contributed by atoms with Gasteiger partial charge in [-0.15, -0.1) is 0 Å². The van der Waals surface area contributed by atoms with Crippen LogP contribution < -0.4 is 4.72 Å². The lowest BCUT2D eigenvalue weighted by Gasteiger charge is -1.99. The van der Waals surface area contributed by atoms with Crippen molar-refractivity contribution in [2.75, 3.05) is 7.05 Å². The van der Waals surface area contributed by atoms with E-state index in [-0.39, 0.29) is 4.90 Å². The largest absolute Gasteiger partial charge is 0.240 e. The van der Waals surface area contributed by atoms with Gasteiger partial charge in [-0.2, -0.15) is 0 Å². The van der Waals surface area contributed by atoms with Crippen LogP contribution in [0.25, 0.3) is 0 Å². The van der Waals surface area contributed by atoms with Gasteiger partial charge in [0.2, 0.25) is 10.0 Å². The van der Waals surface area contributed by atoms with E-state index >= 15 is 0 Å². The Kier molecular flexibility index (Phi) is 2.26. The highest BCUT2D eigenvalue weighted by Crippen LogP contribution is 2.04. The molecule has 0 aromatic heterocycles. The topological polar surface area (TPSA) is 46.2 Å². The number of hydrogen-bond donors (Lipinski definition) is 1. The van der Waals surface area contributed by atoms with Gasteiger partial charge in [0.1, 0.15) is 0 Å². The molecule has 11 heavy (non-hydrogen) atoms. The smallest absolute Gasteiger partial charge is 0.214 e. The SMILES string of the molecule is CNS(=O)(=O)c1cc[c]cc1. The van der Waals surface area contributed by atoms with Gasteiger partial charge in [0.25, 0.3) is 0 Å². The van der Waals surface area contributed by atoms with Crippen molar-refractivity contribution >= 4 is 10.0 Å². The average molecular weight is 170 g/mol.